The van der Waals surface area contributed by atoms with E-state index in [-0.39, 0.29) is 31.1 Å². The summed E-state index contributed by atoms with van der Waals surface area (Å²) in [5.74, 6) is -0.925. The van der Waals surface area contributed by atoms with Gasteiger partial charge in [0.05, 0.1) is 0 Å². The first kappa shape index (κ1) is 69.5. The van der Waals surface area contributed by atoms with Gasteiger partial charge in [0.15, 0.2) is 6.10 Å². The van der Waals surface area contributed by atoms with Crippen molar-refractivity contribution in [2.75, 3.05) is 13.2 Å². The lowest BCUT2D eigenvalue weighted by Gasteiger charge is -2.18. The fourth-order valence-electron chi connectivity index (χ4n) is 7.94. The van der Waals surface area contributed by atoms with Crippen LogP contribution in [0.4, 0.5) is 0 Å². The van der Waals surface area contributed by atoms with Gasteiger partial charge in [0.25, 0.3) is 0 Å². The van der Waals surface area contributed by atoms with Crippen LogP contribution in [0.3, 0.4) is 0 Å². The predicted octanol–water partition coefficient (Wildman–Crippen LogP) is 20.6. The van der Waals surface area contributed by atoms with Crippen LogP contribution in [0.2, 0.25) is 0 Å². The molecule has 0 saturated carbocycles. The van der Waals surface area contributed by atoms with E-state index in [1.807, 2.05) is 0 Å². The summed E-state index contributed by atoms with van der Waals surface area (Å²) in [5.41, 5.74) is 0. The van der Waals surface area contributed by atoms with Gasteiger partial charge in [-0.1, -0.05) is 257 Å². The van der Waals surface area contributed by atoms with E-state index in [2.05, 4.69) is 154 Å². The smallest absolute Gasteiger partial charge is 0.306 e. The molecule has 0 fully saturated rings. The summed E-state index contributed by atoms with van der Waals surface area (Å²) in [6, 6.07) is 0. The minimum atomic E-state index is -0.795. The Balaban J connectivity index is 4.29. The highest BCUT2D eigenvalue weighted by Gasteiger charge is 2.19. The maximum absolute atomic E-state index is 12.8. The molecule has 1 atom stereocenters. The molecule has 0 amide bonds. The molecule has 6 heteroatoms. The summed E-state index contributed by atoms with van der Waals surface area (Å²) >= 11 is 0. The number of unbranched alkanes of at least 4 members (excludes halogenated alkanes) is 20. The Bertz CT molecular complexity index is 1600. The standard InChI is InChI=1S/C68H110O6/c1-4-7-10-13-16-19-21-23-25-27-29-31-32-33-34-35-36-38-39-41-43-45-47-49-52-55-58-61-67(70)73-64-65(63-72-66(69)60-57-54-51-18-15-12-9-6-3)74-68(71)62-59-56-53-50-48-46-44-42-40-37-30-28-26-24-22-20-17-14-11-8-5-2/h7-8,10-11,16-17,19-20,23-26,29-31,33-34,36-38,42,44,65H,4-6,9,12-15,18,21-22,27-28,32,35,39-41,43,45-64H2,1-3H3/b10-7-,11-8-,19-16-,20-17-,25-23-,26-24-,31-29-,34-33-,37-30-,38-36-,44-42-. The number of carbonyl (C=O) groups excluding carboxylic acids is 3. The molecule has 0 saturated heterocycles. The number of allylic oxidation sites excluding steroid dienone is 22. The van der Waals surface area contributed by atoms with Crippen LogP contribution in [0.15, 0.2) is 134 Å². The number of esters is 3. The second kappa shape index (κ2) is 61.1. The van der Waals surface area contributed by atoms with Crippen LogP contribution in [0.1, 0.15) is 258 Å². The van der Waals surface area contributed by atoms with E-state index >= 15 is 0 Å². The number of hydrogen-bond acceptors (Lipinski definition) is 6. The van der Waals surface area contributed by atoms with Crippen molar-refractivity contribution < 1.29 is 28.6 Å². The maximum Gasteiger partial charge on any atom is 0.306 e. The molecule has 0 heterocycles. The summed E-state index contributed by atoms with van der Waals surface area (Å²) in [5, 5.41) is 0. The Kier molecular flexibility index (Phi) is 57.4. The largest absolute Gasteiger partial charge is 0.462 e. The summed E-state index contributed by atoms with van der Waals surface area (Å²) in [6.45, 7) is 6.36. The minimum absolute atomic E-state index is 0.0912. The Morgan fingerprint density at radius 2 is 0.527 bits per heavy atom. The number of rotatable bonds is 53. The van der Waals surface area contributed by atoms with Crippen molar-refractivity contribution >= 4 is 17.9 Å². The first-order chi connectivity index (χ1) is 36.5. The van der Waals surface area contributed by atoms with Gasteiger partial charge < -0.3 is 14.2 Å². The fourth-order valence-corrected chi connectivity index (χ4v) is 7.94. The van der Waals surface area contributed by atoms with Gasteiger partial charge in [-0.25, -0.2) is 0 Å². The normalized spacial score (nSPS) is 13.1. The van der Waals surface area contributed by atoms with Gasteiger partial charge >= 0.3 is 17.9 Å². The van der Waals surface area contributed by atoms with Gasteiger partial charge in [-0.2, -0.15) is 0 Å². The molecule has 0 aromatic carbocycles. The zero-order chi connectivity index (χ0) is 53.6. The molecule has 0 aliphatic rings. The molecule has 0 rings (SSSR count). The van der Waals surface area contributed by atoms with Gasteiger partial charge in [-0.3, -0.25) is 14.4 Å². The molecular formula is C68H110O6. The second-order valence-electron chi connectivity index (χ2n) is 19.5. The third kappa shape index (κ3) is 58.4. The van der Waals surface area contributed by atoms with E-state index < -0.39 is 6.10 Å². The Morgan fingerprint density at radius 3 is 0.824 bits per heavy atom. The van der Waals surface area contributed by atoms with Crippen molar-refractivity contribution in [3.8, 4) is 0 Å². The van der Waals surface area contributed by atoms with E-state index in [9.17, 15) is 14.4 Å². The van der Waals surface area contributed by atoms with E-state index in [0.717, 1.165) is 154 Å². The molecule has 0 spiro atoms. The summed E-state index contributed by atoms with van der Waals surface area (Å²) < 4.78 is 16.8. The molecule has 74 heavy (non-hydrogen) atoms. The van der Waals surface area contributed by atoms with Crippen molar-refractivity contribution in [3.63, 3.8) is 0 Å². The third-order valence-corrected chi connectivity index (χ3v) is 12.4. The number of hydrogen-bond donors (Lipinski definition) is 0. The van der Waals surface area contributed by atoms with Crippen LogP contribution in [-0.2, 0) is 28.6 Å². The lowest BCUT2D eigenvalue weighted by Crippen LogP contribution is -2.30. The van der Waals surface area contributed by atoms with Gasteiger partial charge in [0.1, 0.15) is 13.2 Å². The molecule has 0 aliphatic heterocycles. The van der Waals surface area contributed by atoms with Gasteiger partial charge in [-0.15, -0.1) is 0 Å². The fraction of sp³-hybridized carbons (Fsp3) is 0.632. The van der Waals surface area contributed by atoms with Crippen molar-refractivity contribution in [3.05, 3.63) is 134 Å². The highest BCUT2D eigenvalue weighted by molar-refractivity contribution is 5.71. The molecule has 0 aromatic heterocycles. The van der Waals surface area contributed by atoms with Crippen molar-refractivity contribution in [1.82, 2.24) is 0 Å². The summed E-state index contributed by atoms with van der Waals surface area (Å²) in [4.78, 5) is 38.1. The van der Waals surface area contributed by atoms with Crippen molar-refractivity contribution in [2.45, 2.75) is 264 Å². The first-order valence-corrected chi connectivity index (χ1v) is 30.2. The lowest BCUT2D eigenvalue weighted by atomic mass is 10.1. The van der Waals surface area contributed by atoms with Crippen molar-refractivity contribution in [2.24, 2.45) is 0 Å². The van der Waals surface area contributed by atoms with Crippen LogP contribution in [0.5, 0.6) is 0 Å². The second-order valence-corrected chi connectivity index (χ2v) is 19.5. The molecule has 0 bridgehead atoms. The van der Waals surface area contributed by atoms with Gasteiger partial charge in [-0.05, 0) is 116 Å². The average molecular weight is 1020 g/mol. The number of carbonyl (C=O) groups is 3. The quantitative estimate of drug-likeness (QED) is 0.0261. The highest BCUT2D eigenvalue weighted by atomic mass is 16.6. The van der Waals surface area contributed by atoms with Gasteiger partial charge in [0.2, 0.25) is 0 Å². The zero-order valence-electron chi connectivity index (χ0n) is 47.8. The Hall–Kier alpha value is -4.45. The van der Waals surface area contributed by atoms with E-state index in [0.29, 0.717) is 19.3 Å². The maximum atomic E-state index is 12.8. The molecule has 6 nitrogen and oxygen atoms in total. The third-order valence-electron chi connectivity index (χ3n) is 12.4. The van der Waals surface area contributed by atoms with Crippen LogP contribution in [-0.4, -0.2) is 37.2 Å². The van der Waals surface area contributed by atoms with E-state index in [4.69, 9.17) is 14.2 Å². The zero-order valence-corrected chi connectivity index (χ0v) is 47.8. The summed E-state index contributed by atoms with van der Waals surface area (Å²) in [6.07, 6.45) is 86.0. The Morgan fingerprint density at radius 1 is 0.284 bits per heavy atom. The molecule has 0 radical (unpaired) electrons. The summed E-state index contributed by atoms with van der Waals surface area (Å²) in [7, 11) is 0. The minimum Gasteiger partial charge on any atom is -0.462 e. The molecule has 1 unspecified atom stereocenters. The SMILES string of the molecule is CC/C=C\C/C=C\C/C=C\C/C=C\C/C=C\C/C=C\CCCCCCCCCCC(=O)OCC(COC(=O)CCCCCCCCCC)OC(=O)CCCCCCC/C=C\C/C=C\C/C=C\C/C=C\C/C=C\CC. The Labute approximate surface area is 455 Å². The molecule has 418 valence electrons. The molecule has 0 aromatic rings. The molecule has 0 aliphatic carbocycles. The first-order valence-electron chi connectivity index (χ1n) is 30.2. The predicted molar refractivity (Wildman–Crippen MR) is 320 cm³/mol. The van der Waals surface area contributed by atoms with Crippen molar-refractivity contribution in [1.29, 1.82) is 0 Å². The highest BCUT2D eigenvalue weighted by Crippen LogP contribution is 2.14. The lowest BCUT2D eigenvalue weighted by molar-refractivity contribution is -0.167. The topological polar surface area (TPSA) is 78.9 Å². The van der Waals surface area contributed by atoms with Crippen LogP contribution in [0.25, 0.3) is 0 Å². The number of ether oxygens (including phenoxy) is 3. The van der Waals surface area contributed by atoms with E-state index in [1.165, 1.54) is 64.2 Å². The average Bonchev–Trinajstić information content (AvgIpc) is 3.40. The molecule has 0 N–H and O–H groups in total. The van der Waals surface area contributed by atoms with Crippen LogP contribution >= 0.6 is 0 Å². The van der Waals surface area contributed by atoms with E-state index in [1.54, 1.807) is 0 Å². The monoisotopic (exact) mass is 1020 g/mol. The van der Waals surface area contributed by atoms with Gasteiger partial charge in [0, 0.05) is 19.3 Å². The van der Waals surface area contributed by atoms with Crippen LogP contribution < -0.4 is 0 Å². The molecular weight excluding hydrogens is 913 g/mol. The van der Waals surface area contributed by atoms with Crippen LogP contribution in [0, 0.1) is 0 Å².